The van der Waals surface area contributed by atoms with Crippen molar-refractivity contribution in [1.82, 2.24) is 14.6 Å². The Morgan fingerprint density at radius 1 is 1.29 bits per heavy atom. The molecule has 0 unspecified atom stereocenters. The van der Waals surface area contributed by atoms with Crippen molar-refractivity contribution in [3.05, 3.63) is 51.3 Å². The van der Waals surface area contributed by atoms with Gasteiger partial charge in [-0.15, -0.1) is 0 Å². The first-order chi connectivity index (χ1) is 13.2. The van der Waals surface area contributed by atoms with Crippen molar-refractivity contribution < 1.29 is 13.2 Å². The lowest BCUT2D eigenvalue weighted by molar-refractivity contribution is 0.0945. The Kier molecular flexibility index (Phi) is 6.31. The van der Waals surface area contributed by atoms with Gasteiger partial charge in [-0.25, -0.2) is 8.42 Å². The van der Waals surface area contributed by atoms with Crippen LogP contribution < -0.4 is 5.32 Å². The summed E-state index contributed by atoms with van der Waals surface area (Å²) in [4.78, 5) is 15.9. The standard InChI is InChI=1S/C20H26BrN3O3S/c1-13-7-9-24(10-8-13)28(26,27)19-14(2)18(23-15(19)3)20(25)22-12-16-5-4-6-17(21)11-16/h4-6,11,13,23H,7-10,12H2,1-3H3,(H,22,25). The molecule has 0 saturated carbocycles. The zero-order chi connectivity index (χ0) is 20.5. The van der Waals surface area contributed by atoms with Crippen LogP contribution in [0.1, 0.15) is 47.1 Å². The fourth-order valence-electron chi connectivity index (χ4n) is 3.62. The second-order valence-electron chi connectivity index (χ2n) is 7.48. The van der Waals surface area contributed by atoms with E-state index >= 15 is 0 Å². The number of aryl methyl sites for hydroxylation is 1. The van der Waals surface area contributed by atoms with E-state index in [1.54, 1.807) is 18.2 Å². The van der Waals surface area contributed by atoms with Crippen molar-refractivity contribution in [3.63, 3.8) is 0 Å². The van der Waals surface area contributed by atoms with E-state index in [-0.39, 0.29) is 10.8 Å². The van der Waals surface area contributed by atoms with Crippen LogP contribution in [-0.4, -0.2) is 36.7 Å². The highest BCUT2D eigenvalue weighted by Crippen LogP contribution is 2.29. The number of halogens is 1. The molecule has 0 radical (unpaired) electrons. The maximum atomic E-state index is 13.2. The number of amides is 1. The summed E-state index contributed by atoms with van der Waals surface area (Å²) >= 11 is 3.41. The second-order valence-corrected chi connectivity index (χ2v) is 10.3. The summed E-state index contributed by atoms with van der Waals surface area (Å²) in [5, 5.41) is 2.86. The number of aromatic nitrogens is 1. The number of aromatic amines is 1. The van der Waals surface area contributed by atoms with Crippen molar-refractivity contribution in [2.75, 3.05) is 13.1 Å². The first-order valence-corrected chi connectivity index (χ1v) is 11.7. The number of benzene rings is 1. The minimum absolute atomic E-state index is 0.231. The van der Waals surface area contributed by atoms with Crippen LogP contribution in [0.3, 0.4) is 0 Å². The van der Waals surface area contributed by atoms with Crippen molar-refractivity contribution >= 4 is 31.9 Å². The van der Waals surface area contributed by atoms with Gasteiger partial charge in [-0.05, 0) is 55.9 Å². The van der Waals surface area contributed by atoms with Gasteiger partial charge in [-0.3, -0.25) is 4.79 Å². The summed E-state index contributed by atoms with van der Waals surface area (Å²) in [6.07, 6.45) is 1.73. The zero-order valence-electron chi connectivity index (χ0n) is 16.4. The third-order valence-corrected chi connectivity index (χ3v) is 7.94. The molecule has 1 aromatic carbocycles. The van der Waals surface area contributed by atoms with Crippen molar-refractivity contribution in [3.8, 4) is 0 Å². The van der Waals surface area contributed by atoms with Crippen LogP contribution in [0.4, 0.5) is 0 Å². The highest BCUT2D eigenvalue weighted by Gasteiger charge is 2.33. The highest BCUT2D eigenvalue weighted by atomic mass is 79.9. The molecular weight excluding hydrogens is 442 g/mol. The first-order valence-electron chi connectivity index (χ1n) is 9.42. The molecule has 6 nitrogen and oxygen atoms in total. The van der Waals surface area contributed by atoms with E-state index in [0.717, 1.165) is 22.9 Å². The predicted molar refractivity (Wildman–Crippen MR) is 113 cm³/mol. The number of hydrogen-bond donors (Lipinski definition) is 2. The van der Waals surface area contributed by atoms with Gasteiger partial charge >= 0.3 is 0 Å². The van der Waals surface area contributed by atoms with Gasteiger partial charge in [-0.1, -0.05) is 35.0 Å². The third-order valence-electron chi connectivity index (χ3n) is 5.28. The molecule has 1 aliphatic heterocycles. The van der Waals surface area contributed by atoms with Crippen molar-refractivity contribution in [1.29, 1.82) is 0 Å². The molecule has 28 heavy (non-hydrogen) atoms. The molecule has 0 atom stereocenters. The van der Waals surface area contributed by atoms with Crippen molar-refractivity contribution in [2.24, 2.45) is 5.92 Å². The van der Waals surface area contributed by atoms with E-state index in [4.69, 9.17) is 0 Å². The summed E-state index contributed by atoms with van der Waals surface area (Å²) in [7, 11) is -3.62. The summed E-state index contributed by atoms with van der Waals surface area (Å²) in [5.41, 5.74) is 2.24. The topological polar surface area (TPSA) is 82.3 Å². The van der Waals surface area contributed by atoms with Crippen molar-refractivity contribution in [2.45, 2.75) is 45.1 Å². The molecule has 1 amide bonds. The third kappa shape index (κ3) is 4.34. The van der Waals surface area contributed by atoms with E-state index in [2.05, 4.69) is 33.2 Å². The molecule has 0 aliphatic carbocycles. The Morgan fingerprint density at radius 3 is 2.61 bits per heavy atom. The number of nitrogens with zero attached hydrogens (tertiary/aromatic N) is 1. The van der Waals surface area contributed by atoms with Gasteiger partial charge in [0.25, 0.3) is 5.91 Å². The molecule has 152 valence electrons. The molecule has 0 bridgehead atoms. The monoisotopic (exact) mass is 467 g/mol. The summed E-state index contributed by atoms with van der Waals surface area (Å²) in [5.74, 6) is 0.230. The summed E-state index contributed by atoms with van der Waals surface area (Å²) < 4.78 is 28.8. The second kappa shape index (κ2) is 8.39. The average molecular weight is 468 g/mol. The lowest BCUT2D eigenvalue weighted by Crippen LogP contribution is -2.38. The molecule has 0 spiro atoms. The molecular formula is C20H26BrN3O3S. The Hall–Kier alpha value is -1.64. The quantitative estimate of drug-likeness (QED) is 0.702. The maximum absolute atomic E-state index is 13.2. The van der Waals surface area contributed by atoms with E-state index in [9.17, 15) is 13.2 Å². The number of nitrogens with one attached hydrogen (secondary N) is 2. The van der Waals surface area contributed by atoms with Crippen LogP contribution in [0.15, 0.2) is 33.6 Å². The largest absolute Gasteiger partial charge is 0.353 e. The van der Waals surface area contributed by atoms with Crippen LogP contribution in [0.5, 0.6) is 0 Å². The lowest BCUT2D eigenvalue weighted by atomic mass is 10.0. The fourth-order valence-corrected chi connectivity index (χ4v) is 5.94. The number of rotatable bonds is 5. The zero-order valence-corrected chi connectivity index (χ0v) is 18.8. The molecule has 1 aliphatic rings. The Balaban J connectivity index is 1.80. The average Bonchev–Trinajstić information content (AvgIpc) is 2.95. The molecule has 8 heteroatoms. The SMILES string of the molecule is Cc1[nH]c(C(=O)NCc2cccc(Br)c2)c(C)c1S(=O)(=O)N1CCC(C)CC1. The van der Waals surface area contributed by atoms with E-state index in [1.807, 2.05) is 24.3 Å². The summed E-state index contributed by atoms with van der Waals surface area (Å²) in [6.45, 7) is 6.96. The predicted octanol–water partition coefficient (Wildman–Crippen LogP) is 3.74. The van der Waals surface area contributed by atoms with Crippen LogP contribution in [-0.2, 0) is 16.6 Å². The molecule has 2 aromatic rings. The Bertz CT molecular complexity index is 977. The summed E-state index contributed by atoms with van der Waals surface area (Å²) in [6, 6.07) is 7.67. The molecule has 1 saturated heterocycles. The molecule has 3 rings (SSSR count). The maximum Gasteiger partial charge on any atom is 0.268 e. The van der Waals surface area contributed by atoms with Gasteiger partial charge in [0.1, 0.15) is 10.6 Å². The number of H-pyrrole nitrogens is 1. The van der Waals surface area contributed by atoms with Gasteiger partial charge in [0.15, 0.2) is 0 Å². The highest BCUT2D eigenvalue weighted by molar-refractivity contribution is 9.10. The minimum Gasteiger partial charge on any atom is -0.353 e. The Labute approximate surface area is 174 Å². The van der Waals surface area contributed by atoms with Crippen LogP contribution in [0, 0.1) is 19.8 Å². The normalized spacial score (nSPS) is 16.3. The first kappa shape index (κ1) is 21.1. The van der Waals surface area contributed by atoms with Gasteiger partial charge in [0, 0.05) is 29.8 Å². The number of sulfonamides is 1. The van der Waals surface area contributed by atoms with Gasteiger partial charge < -0.3 is 10.3 Å². The van der Waals surface area contributed by atoms with Gasteiger partial charge in [-0.2, -0.15) is 4.31 Å². The van der Waals surface area contributed by atoms with Crippen LogP contribution in [0.2, 0.25) is 0 Å². The Morgan fingerprint density at radius 2 is 1.96 bits per heavy atom. The lowest BCUT2D eigenvalue weighted by Gasteiger charge is -2.29. The number of carbonyl (C=O) groups excluding carboxylic acids is 1. The van der Waals surface area contributed by atoms with Gasteiger partial charge in [0.2, 0.25) is 10.0 Å². The number of piperidine rings is 1. The number of hydrogen-bond acceptors (Lipinski definition) is 3. The van der Waals surface area contributed by atoms with E-state index in [0.29, 0.717) is 42.5 Å². The van der Waals surface area contributed by atoms with E-state index in [1.165, 1.54) is 0 Å². The van der Waals surface area contributed by atoms with Crippen LogP contribution in [0.25, 0.3) is 0 Å². The fraction of sp³-hybridized carbons (Fsp3) is 0.450. The molecule has 2 heterocycles. The smallest absolute Gasteiger partial charge is 0.268 e. The molecule has 1 aromatic heterocycles. The minimum atomic E-state index is -3.62. The van der Waals surface area contributed by atoms with E-state index < -0.39 is 10.0 Å². The molecule has 2 N–H and O–H groups in total. The van der Waals surface area contributed by atoms with Crippen LogP contribution >= 0.6 is 15.9 Å². The molecule has 1 fully saturated rings. The van der Waals surface area contributed by atoms with Gasteiger partial charge in [0.05, 0.1) is 0 Å². The number of carbonyl (C=O) groups is 1.